The van der Waals surface area contributed by atoms with Crippen molar-refractivity contribution < 1.29 is 26.7 Å². The van der Waals surface area contributed by atoms with Crippen molar-refractivity contribution in [2.45, 2.75) is 83.2 Å². The van der Waals surface area contributed by atoms with Crippen LogP contribution in [0.4, 0.5) is 22.0 Å². The Hall–Kier alpha value is -1.59. The van der Waals surface area contributed by atoms with Crippen LogP contribution in [0, 0.1) is 29.4 Å². The maximum Gasteiger partial charge on any atom is 0.422 e. The molecule has 0 unspecified atom stereocenters. The molecule has 0 spiro atoms. The third-order valence-electron chi connectivity index (χ3n) is 7.22. The van der Waals surface area contributed by atoms with Gasteiger partial charge in [0.25, 0.3) is 0 Å². The lowest BCUT2D eigenvalue weighted by Crippen LogP contribution is -2.25. The Labute approximate surface area is 182 Å². The second-order valence-corrected chi connectivity index (χ2v) is 9.22. The van der Waals surface area contributed by atoms with Crippen molar-refractivity contribution in [2.75, 3.05) is 6.61 Å². The second-order valence-electron chi connectivity index (χ2n) is 9.22. The number of allylic oxidation sites excluding steroid dienone is 2. The van der Waals surface area contributed by atoms with Crippen LogP contribution in [0.2, 0.25) is 0 Å². The van der Waals surface area contributed by atoms with Gasteiger partial charge in [-0.05, 0) is 93.6 Å². The Morgan fingerprint density at radius 2 is 1.52 bits per heavy atom. The van der Waals surface area contributed by atoms with Gasteiger partial charge in [-0.25, -0.2) is 4.39 Å². The first-order valence-corrected chi connectivity index (χ1v) is 11.6. The Morgan fingerprint density at radius 3 is 2.10 bits per heavy atom. The molecule has 0 bridgehead atoms. The maximum atomic E-state index is 14.5. The highest BCUT2D eigenvalue weighted by molar-refractivity contribution is 5.33. The van der Waals surface area contributed by atoms with E-state index < -0.39 is 30.2 Å². The lowest BCUT2D eigenvalue weighted by atomic mass is 9.68. The zero-order valence-electron chi connectivity index (χ0n) is 18.2. The van der Waals surface area contributed by atoms with Gasteiger partial charge in [0.1, 0.15) is 0 Å². The third kappa shape index (κ3) is 6.69. The molecule has 3 rings (SSSR count). The number of hydrogen-bond acceptors (Lipinski definition) is 1. The van der Waals surface area contributed by atoms with E-state index in [1.807, 2.05) is 0 Å². The van der Waals surface area contributed by atoms with Gasteiger partial charge in [-0.3, -0.25) is 0 Å². The number of rotatable bonds is 7. The molecule has 174 valence electrons. The van der Waals surface area contributed by atoms with E-state index in [1.54, 1.807) is 0 Å². The van der Waals surface area contributed by atoms with Crippen LogP contribution < -0.4 is 4.74 Å². The normalized spacial score (nSPS) is 27.5. The van der Waals surface area contributed by atoms with E-state index in [4.69, 9.17) is 0 Å². The molecule has 0 saturated heterocycles. The van der Waals surface area contributed by atoms with Crippen molar-refractivity contribution in [1.82, 2.24) is 0 Å². The Balaban J connectivity index is 1.50. The topological polar surface area (TPSA) is 9.23 Å². The smallest absolute Gasteiger partial charge is 0.422 e. The number of halogens is 5. The Bertz CT molecular complexity index is 726. The minimum Gasteiger partial charge on any atom is -0.481 e. The zero-order valence-corrected chi connectivity index (χ0v) is 18.2. The summed E-state index contributed by atoms with van der Waals surface area (Å²) in [7, 11) is 0. The maximum absolute atomic E-state index is 14.5. The SMILES string of the molecule is C/C=C/CCC1CCC(C2CCC(c3ccc(OCC(F)(F)F)c(F)c3F)CC2)CC1. The van der Waals surface area contributed by atoms with Crippen molar-refractivity contribution in [3.05, 3.63) is 41.5 Å². The summed E-state index contributed by atoms with van der Waals surface area (Å²) in [5.41, 5.74) is 0.267. The molecule has 0 amide bonds. The van der Waals surface area contributed by atoms with Gasteiger partial charge in [-0.2, -0.15) is 17.6 Å². The summed E-state index contributed by atoms with van der Waals surface area (Å²) in [5, 5.41) is 0. The van der Waals surface area contributed by atoms with Crippen LogP contribution in [-0.4, -0.2) is 12.8 Å². The molecule has 2 saturated carbocycles. The number of hydrogen-bond donors (Lipinski definition) is 0. The van der Waals surface area contributed by atoms with Gasteiger partial charge in [-0.1, -0.05) is 31.1 Å². The van der Waals surface area contributed by atoms with Gasteiger partial charge in [-0.15, -0.1) is 0 Å². The van der Waals surface area contributed by atoms with Crippen LogP contribution in [-0.2, 0) is 0 Å². The zero-order chi connectivity index (χ0) is 22.4. The van der Waals surface area contributed by atoms with Crippen molar-refractivity contribution in [3.63, 3.8) is 0 Å². The molecule has 1 nitrogen and oxygen atoms in total. The molecule has 2 aliphatic rings. The lowest BCUT2D eigenvalue weighted by molar-refractivity contribution is -0.153. The molecule has 0 heterocycles. The van der Waals surface area contributed by atoms with Gasteiger partial charge in [0.2, 0.25) is 5.82 Å². The van der Waals surface area contributed by atoms with Gasteiger partial charge >= 0.3 is 6.18 Å². The molecule has 2 fully saturated rings. The summed E-state index contributed by atoms with van der Waals surface area (Å²) in [6.45, 7) is 0.426. The summed E-state index contributed by atoms with van der Waals surface area (Å²) >= 11 is 0. The number of alkyl halides is 3. The first-order valence-electron chi connectivity index (χ1n) is 11.6. The van der Waals surface area contributed by atoms with Gasteiger partial charge in [0.15, 0.2) is 18.2 Å². The first-order chi connectivity index (χ1) is 14.8. The fraction of sp³-hybridized carbons (Fsp3) is 0.680. The molecular weight excluding hydrogens is 411 g/mol. The van der Waals surface area contributed by atoms with E-state index in [1.165, 1.54) is 44.6 Å². The molecule has 0 atom stereocenters. The molecule has 0 aromatic heterocycles. The van der Waals surface area contributed by atoms with E-state index in [0.717, 1.165) is 43.6 Å². The molecule has 1 aromatic rings. The van der Waals surface area contributed by atoms with Crippen LogP contribution in [0.25, 0.3) is 0 Å². The van der Waals surface area contributed by atoms with E-state index in [2.05, 4.69) is 23.8 Å². The Morgan fingerprint density at radius 1 is 0.903 bits per heavy atom. The van der Waals surface area contributed by atoms with Crippen molar-refractivity contribution in [1.29, 1.82) is 0 Å². The van der Waals surface area contributed by atoms with Crippen molar-refractivity contribution in [3.8, 4) is 5.75 Å². The van der Waals surface area contributed by atoms with Crippen molar-refractivity contribution in [2.24, 2.45) is 17.8 Å². The third-order valence-corrected chi connectivity index (χ3v) is 7.22. The number of benzene rings is 1. The van der Waals surface area contributed by atoms with Crippen molar-refractivity contribution >= 4 is 0 Å². The molecule has 0 aliphatic heterocycles. The summed E-state index contributed by atoms with van der Waals surface area (Å²) in [5.74, 6) is -0.935. The highest BCUT2D eigenvalue weighted by Gasteiger charge is 2.33. The van der Waals surface area contributed by atoms with E-state index in [0.29, 0.717) is 5.92 Å². The predicted octanol–water partition coefficient (Wildman–Crippen LogP) is 8.34. The summed E-state index contributed by atoms with van der Waals surface area (Å²) in [6.07, 6.45) is 10.9. The molecule has 0 N–H and O–H groups in total. The van der Waals surface area contributed by atoms with Crippen LogP contribution in [0.3, 0.4) is 0 Å². The lowest BCUT2D eigenvalue weighted by Gasteiger charge is -2.38. The second kappa shape index (κ2) is 10.8. The fourth-order valence-electron chi connectivity index (χ4n) is 5.48. The van der Waals surface area contributed by atoms with Gasteiger partial charge in [0.05, 0.1) is 0 Å². The highest BCUT2D eigenvalue weighted by Crippen LogP contribution is 2.45. The summed E-state index contributed by atoms with van der Waals surface area (Å²) in [4.78, 5) is 0. The molecular formula is C25H33F5O. The minimum atomic E-state index is -4.59. The fourth-order valence-corrected chi connectivity index (χ4v) is 5.48. The highest BCUT2D eigenvalue weighted by atomic mass is 19.4. The summed E-state index contributed by atoms with van der Waals surface area (Å²) < 4.78 is 70.0. The largest absolute Gasteiger partial charge is 0.481 e. The monoisotopic (exact) mass is 444 g/mol. The molecule has 1 aromatic carbocycles. The predicted molar refractivity (Wildman–Crippen MR) is 112 cm³/mol. The van der Waals surface area contributed by atoms with Crippen LogP contribution in [0.5, 0.6) is 5.75 Å². The molecule has 6 heteroatoms. The number of ether oxygens (including phenoxy) is 1. The van der Waals surface area contributed by atoms with Gasteiger partial charge in [0, 0.05) is 0 Å². The average molecular weight is 445 g/mol. The van der Waals surface area contributed by atoms with Crippen LogP contribution in [0.15, 0.2) is 24.3 Å². The molecule has 0 radical (unpaired) electrons. The summed E-state index contributed by atoms with van der Waals surface area (Å²) in [6, 6.07) is 2.52. The Kier molecular flexibility index (Phi) is 8.40. The molecule has 2 aliphatic carbocycles. The van der Waals surface area contributed by atoms with E-state index >= 15 is 0 Å². The first kappa shape index (κ1) is 24.1. The van der Waals surface area contributed by atoms with E-state index in [-0.39, 0.29) is 11.5 Å². The van der Waals surface area contributed by atoms with Gasteiger partial charge < -0.3 is 4.74 Å². The quantitative estimate of drug-likeness (QED) is 0.303. The van der Waals surface area contributed by atoms with Crippen LogP contribution in [0.1, 0.15) is 82.6 Å². The van der Waals surface area contributed by atoms with E-state index in [9.17, 15) is 22.0 Å². The van der Waals surface area contributed by atoms with Crippen LogP contribution >= 0.6 is 0 Å². The molecule has 31 heavy (non-hydrogen) atoms. The standard InChI is InChI=1S/C25H33F5O/c1-2-3-4-5-17-6-8-18(9-7-17)19-10-12-20(13-11-19)21-14-15-22(24(27)23(21)26)31-16-25(28,29)30/h2-3,14-15,17-20H,4-13,16H2,1H3/b3-2+. The average Bonchev–Trinajstić information content (AvgIpc) is 2.75. The minimum absolute atomic E-state index is 0.0837.